The highest BCUT2D eigenvalue weighted by molar-refractivity contribution is 7.89. The van der Waals surface area contributed by atoms with Crippen LogP contribution in [0.1, 0.15) is 31.9 Å². The number of hydrogen-bond donors (Lipinski definition) is 3. The van der Waals surface area contributed by atoms with E-state index < -0.39 is 10.0 Å². The van der Waals surface area contributed by atoms with Gasteiger partial charge in [-0.15, -0.1) is 12.4 Å². The molecule has 184 valence electrons. The summed E-state index contributed by atoms with van der Waals surface area (Å²) in [4.78, 5) is 12.3. The number of primary sulfonamides is 1. The molecule has 4 N–H and O–H groups in total. The van der Waals surface area contributed by atoms with Crippen LogP contribution in [0.3, 0.4) is 0 Å². The molecule has 1 amide bonds. The first-order valence-corrected chi connectivity index (χ1v) is 12.3. The summed E-state index contributed by atoms with van der Waals surface area (Å²) in [5.74, 6) is 0.500. The molecule has 0 fully saturated rings. The maximum Gasteiger partial charge on any atom is 0.258 e. The fraction of sp³-hybridized carbons (Fsp3) is 0.320. The molecule has 0 atom stereocenters. The number of carbonyl (C=O) groups is 1. The zero-order chi connectivity index (χ0) is 24.1. The summed E-state index contributed by atoms with van der Waals surface area (Å²) in [6.45, 7) is 6.98. The molecular weight excluding hydrogens is 474 g/mol. The molecule has 0 heterocycles. The van der Waals surface area contributed by atoms with Crippen molar-refractivity contribution in [3.8, 4) is 5.75 Å². The topological polar surface area (TPSA) is 111 Å². The van der Waals surface area contributed by atoms with Gasteiger partial charge in [-0.2, -0.15) is 0 Å². The van der Waals surface area contributed by atoms with E-state index in [1.54, 1.807) is 12.1 Å². The van der Waals surface area contributed by atoms with E-state index in [4.69, 9.17) is 9.88 Å². The van der Waals surface area contributed by atoms with Crippen molar-refractivity contribution in [3.63, 3.8) is 0 Å². The number of fused-ring (bicyclic) bond motifs is 1. The van der Waals surface area contributed by atoms with E-state index in [-0.39, 0.29) is 35.4 Å². The molecule has 3 aromatic carbocycles. The molecular formula is C25H32ClN3O4S. The third kappa shape index (κ3) is 7.99. The van der Waals surface area contributed by atoms with Gasteiger partial charge in [-0.05, 0) is 68.3 Å². The van der Waals surface area contributed by atoms with Crippen molar-refractivity contribution in [1.82, 2.24) is 10.6 Å². The lowest BCUT2D eigenvalue weighted by atomic mass is 10.0. The molecule has 0 bridgehead atoms. The molecule has 0 saturated heterocycles. The first kappa shape index (κ1) is 27.6. The van der Waals surface area contributed by atoms with Crippen molar-refractivity contribution in [2.24, 2.45) is 5.14 Å². The maximum atomic E-state index is 12.2. The van der Waals surface area contributed by atoms with Crippen molar-refractivity contribution < 1.29 is 17.9 Å². The molecule has 0 aliphatic rings. The third-order valence-corrected chi connectivity index (χ3v) is 5.94. The van der Waals surface area contributed by atoms with Gasteiger partial charge in [0.05, 0.1) is 4.90 Å². The lowest BCUT2D eigenvalue weighted by Gasteiger charge is -2.21. The molecule has 9 heteroatoms. The Morgan fingerprint density at radius 1 is 1.00 bits per heavy atom. The molecule has 0 unspecified atom stereocenters. The van der Waals surface area contributed by atoms with Crippen LogP contribution in [0.25, 0.3) is 10.8 Å². The SMILES string of the molecule is CC(C)(C)NC(=O)COc1ccc2ccccc2c1CNCCc1ccc(S(N)(=O)=O)cc1.Cl. The van der Waals surface area contributed by atoms with Gasteiger partial charge >= 0.3 is 0 Å². The van der Waals surface area contributed by atoms with E-state index in [0.717, 1.165) is 28.3 Å². The van der Waals surface area contributed by atoms with E-state index in [1.165, 1.54) is 12.1 Å². The molecule has 3 rings (SSSR count). The highest BCUT2D eigenvalue weighted by Gasteiger charge is 2.15. The first-order valence-electron chi connectivity index (χ1n) is 10.8. The van der Waals surface area contributed by atoms with Gasteiger partial charge < -0.3 is 15.4 Å². The standard InChI is InChI=1S/C25H31N3O4S.ClH/c1-25(2,3)28-24(29)17-32-23-13-10-19-6-4-5-7-21(19)22(23)16-27-15-14-18-8-11-20(12-9-18)33(26,30)31;/h4-13,27H,14-17H2,1-3H3,(H,28,29)(H2,26,30,31);1H. The summed E-state index contributed by atoms with van der Waals surface area (Å²) < 4.78 is 28.7. The smallest absolute Gasteiger partial charge is 0.258 e. The third-order valence-electron chi connectivity index (χ3n) is 5.01. The van der Waals surface area contributed by atoms with E-state index in [2.05, 4.69) is 10.6 Å². The van der Waals surface area contributed by atoms with Crippen molar-refractivity contribution in [2.45, 2.75) is 44.2 Å². The quantitative estimate of drug-likeness (QED) is 0.385. The number of sulfonamides is 1. The highest BCUT2D eigenvalue weighted by atomic mass is 35.5. The predicted molar refractivity (Wildman–Crippen MR) is 138 cm³/mol. The lowest BCUT2D eigenvalue weighted by Crippen LogP contribution is -2.43. The fourth-order valence-electron chi connectivity index (χ4n) is 3.52. The number of ether oxygens (including phenoxy) is 1. The second kappa shape index (κ2) is 11.7. The minimum atomic E-state index is -3.69. The normalized spacial score (nSPS) is 11.6. The monoisotopic (exact) mass is 505 g/mol. The lowest BCUT2D eigenvalue weighted by molar-refractivity contribution is -0.124. The van der Waals surface area contributed by atoms with Crippen molar-refractivity contribution in [1.29, 1.82) is 0 Å². The van der Waals surface area contributed by atoms with E-state index in [9.17, 15) is 13.2 Å². The van der Waals surface area contributed by atoms with Gasteiger partial charge in [0.25, 0.3) is 5.91 Å². The van der Waals surface area contributed by atoms with E-state index >= 15 is 0 Å². The summed E-state index contributed by atoms with van der Waals surface area (Å²) in [5, 5.41) is 13.6. The van der Waals surface area contributed by atoms with Crippen LogP contribution in [0.4, 0.5) is 0 Å². The number of carbonyl (C=O) groups excluding carboxylic acids is 1. The number of benzene rings is 3. The second-order valence-electron chi connectivity index (χ2n) is 8.97. The van der Waals surface area contributed by atoms with Crippen molar-refractivity contribution >= 4 is 39.1 Å². The van der Waals surface area contributed by atoms with Gasteiger partial charge in [-0.1, -0.05) is 42.5 Å². The van der Waals surface area contributed by atoms with Crippen LogP contribution < -0.4 is 20.5 Å². The average Bonchev–Trinajstić information content (AvgIpc) is 2.74. The minimum Gasteiger partial charge on any atom is -0.483 e. The van der Waals surface area contributed by atoms with Gasteiger partial charge in [0.2, 0.25) is 10.0 Å². The summed E-state index contributed by atoms with van der Waals surface area (Å²) in [5.41, 5.74) is 1.67. The molecule has 0 aliphatic heterocycles. The van der Waals surface area contributed by atoms with Crippen molar-refractivity contribution in [3.05, 3.63) is 71.8 Å². The van der Waals surface area contributed by atoms with Crippen LogP contribution in [0.15, 0.2) is 65.6 Å². The molecule has 0 aromatic heterocycles. The number of halogens is 1. The Bertz CT molecular complexity index is 1220. The number of hydrogen-bond acceptors (Lipinski definition) is 5. The van der Waals surface area contributed by atoms with Crippen LogP contribution in [-0.4, -0.2) is 33.0 Å². The summed E-state index contributed by atoms with van der Waals surface area (Å²) >= 11 is 0. The zero-order valence-corrected chi connectivity index (χ0v) is 21.3. The van der Waals surface area contributed by atoms with E-state index in [1.807, 2.05) is 57.2 Å². The largest absolute Gasteiger partial charge is 0.483 e. The van der Waals surface area contributed by atoms with Crippen LogP contribution in [0.5, 0.6) is 5.75 Å². The summed E-state index contributed by atoms with van der Waals surface area (Å²) in [7, 11) is -3.69. The molecule has 3 aromatic rings. The highest BCUT2D eigenvalue weighted by Crippen LogP contribution is 2.28. The average molecular weight is 506 g/mol. The zero-order valence-electron chi connectivity index (χ0n) is 19.6. The van der Waals surface area contributed by atoms with Crippen LogP contribution in [-0.2, 0) is 27.8 Å². The number of nitrogens with two attached hydrogens (primary N) is 1. The Morgan fingerprint density at radius 3 is 2.32 bits per heavy atom. The van der Waals surface area contributed by atoms with Gasteiger partial charge in [0, 0.05) is 17.6 Å². The predicted octanol–water partition coefficient (Wildman–Crippen LogP) is 3.53. The Hall–Kier alpha value is -2.65. The van der Waals surface area contributed by atoms with E-state index in [0.29, 0.717) is 18.8 Å². The van der Waals surface area contributed by atoms with Crippen LogP contribution >= 0.6 is 12.4 Å². The molecule has 0 saturated carbocycles. The van der Waals surface area contributed by atoms with Gasteiger partial charge in [-0.3, -0.25) is 4.79 Å². The summed E-state index contributed by atoms with van der Waals surface area (Å²) in [6.07, 6.45) is 0.722. The van der Waals surface area contributed by atoms with Crippen LogP contribution in [0, 0.1) is 0 Å². The Labute approximate surface area is 207 Å². The molecule has 0 radical (unpaired) electrons. The fourth-order valence-corrected chi connectivity index (χ4v) is 4.04. The molecule has 0 spiro atoms. The Kier molecular flexibility index (Phi) is 9.46. The number of rotatable bonds is 9. The first-order chi connectivity index (χ1) is 15.5. The molecule has 34 heavy (non-hydrogen) atoms. The van der Waals surface area contributed by atoms with Gasteiger partial charge in [-0.25, -0.2) is 13.6 Å². The summed E-state index contributed by atoms with van der Waals surface area (Å²) in [6, 6.07) is 18.5. The van der Waals surface area contributed by atoms with Crippen LogP contribution in [0.2, 0.25) is 0 Å². The number of nitrogens with one attached hydrogen (secondary N) is 2. The molecule has 7 nitrogen and oxygen atoms in total. The minimum absolute atomic E-state index is 0. The number of amides is 1. The van der Waals surface area contributed by atoms with Crippen molar-refractivity contribution in [2.75, 3.05) is 13.2 Å². The van der Waals surface area contributed by atoms with Gasteiger partial charge in [0.1, 0.15) is 5.75 Å². The van der Waals surface area contributed by atoms with Gasteiger partial charge in [0.15, 0.2) is 6.61 Å². The Morgan fingerprint density at radius 2 is 1.68 bits per heavy atom. The second-order valence-corrected chi connectivity index (χ2v) is 10.5. The molecule has 0 aliphatic carbocycles. The maximum absolute atomic E-state index is 12.2. The Balaban J connectivity index is 0.00000408.